The second-order valence-corrected chi connectivity index (χ2v) is 7.53. The first kappa shape index (κ1) is 17.7. The van der Waals surface area contributed by atoms with E-state index < -0.39 is 11.8 Å². The average molecular weight is 390 g/mol. The number of carbonyl (C=O) groups excluding carboxylic acids is 2. The predicted octanol–water partition coefficient (Wildman–Crippen LogP) is 2.29. The molecule has 5 rings (SSSR count). The third-order valence-electron chi connectivity index (χ3n) is 5.41. The maximum Gasteiger partial charge on any atom is 0.312 e. The van der Waals surface area contributed by atoms with Gasteiger partial charge >= 0.3 is 11.8 Å². The minimum Gasteiger partial charge on any atom is -0.454 e. The number of aliphatic imine (C=N–C) groups is 1. The Morgan fingerprint density at radius 1 is 0.931 bits per heavy atom. The minimum atomic E-state index is -0.486. The Kier molecular flexibility index (Phi) is 4.42. The molecule has 2 fully saturated rings. The normalized spacial score (nSPS) is 18.0. The average Bonchev–Trinajstić information content (AvgIpc) is 3.58. The summed E-state index contributed by atoms with van der Waals surface area (Å²) >= 11 is 0. The van der Waals surface area contributed by atoms with Crippen molar-refractivity contribution in [3.63, 3.8) is 0 Å². The number of ether oxygens (including phenoxy) is 1. The van der Waals surface area contributed by atoms with Crippen molar-refractivity contribution in [1.82, 2.24) is 15.1 Å². The molecule has 1 aliphatic carbocycles. The molecule has 0 bridgehead atoms. The molecule has 7 heteroatoms. The Balaban J connectivity index is 1.36. The van der Waals surface area contributed by atoms with Crippen LogP contribution in [0.15, 0.2) is 53.5 Å². The molecule has 1 saturated carbocycles. The number of rotatable bonds is 1. The number of hydrogen-bond donors (Lipinski definition) is 1. The van der Waals surface area contributed by atoms with Gasteiger partial charge in [0.15, 0.2) is 5.75 Å². The molecule has 3 aliphatic rings. The molecule has 1 saturated heterocycles. The van der Waals surface area contributed by atoms with Crippen molar-refractivity contribution in [3.8, 4) is 11.5 Å². The van der Waals surface area contributed by atoms with E-state index in [4.69, 9.17) is 9.73 Å². The van der Waals surface area contributed by atoms with Crippen LogP contribution in [0.1, 0.15) is 18.4 Å². The summed E-state index contributed by atoms with van der Waals surface area (Å²) in [6.45, 7) is 2.19. The van der Waals surface area contributed by atoms with Gasteiger partial charge in [-0.2, -0.15) is 0 Å². The van der Waals surface area contributed by atoms with E-state index in [1.54, 1.807) is 4.90 Å². The van der Waals surface area contributed by atoms with Gasteiger partial charge in [-0.05, 0) is 37.1 Å². The van der Waals surface area contributed by atoms with Gasteiger partial charge in [0, 0.05) is 32.2 Å². The van der Waals surface area contributed by atoms with Crippen LogP contribution in [0.4, 0.5) is 5.69 Å². The van der Waals surface area contributed by atoms with E-state index in [1.807, 2.05) is 48.5 Å². The summed E-state index contributed by atoms with van der Waals surface area (Å²) in [6.07, 6.45) is 1.94. The van der Waals surface area contributed by atoms with Crippen LogP contribution in [0.2, 0.25) is 0 Å². The Morgan fingerprint density at radius 2 is 1.62 bits per heavy atom. The number of nitrogens with one attached hydrogen (secondary N) is 1. The first-order chi connectivity index (χ1) is 14.2. The smallest absolute Gasteiger partial charge is 0.312 e. The topological polar surface area (TPSA) is 74.2 Å². The van der Waals surface area contributed by atoms with Crippen LogP contribution in [-0.4, -0.2) is 59.7 Å². The van der Waals surface area contributed by atoms with Crippen LogP contribution in [0.5, 0.6) is 11.5 Å². The molecule has 29 heavy (non-hydrogen) atoms. The standard InChI is InChI=1S/C22H22N4O3/c27-21(23-15-9-10-15)22(28)26-13-11-25(12-14-26)20-16-5-1-3-7-18(16)29-19-8-4-2-6-17(19)24-20/h1-8,15H,9-14H2,(H,23,27). The summed E-state index contributed by atoms with van der Waals surface area (Å²) in [5.41, 5.74) is 1.70. The van der Waals surface area contributed by atoms with Crippen molar-refractivity contribution in [1.29, 1.82) is 0 Å². The fourth-order valence-corrected chi connectivity index (χ4v) is 3.65. The Bertz CT molecular complexity index is 991. The van der Waals surface area contributed by atoms with Crippen molar-refractivity contribution in [3.05, 3.63) is 54.1 Å². The fourth-order valence-electron chi connectivity index (χ4n) is 3.65. The zero-order chi connectivity index (χ0) is 19.8. The molecule has 148 valence electrons. The molecule has 1 N–H and O–H groups in total. The van der Waals surface area contributed by atoms with Gasteiger partial charge in [-0.15, -0.1) is 0 Å². The Labute approximate surface area is 169 Å². The van der Waals surface area contributed by atoms with Crippen LogP contribution in [0, 0.1) is 0 Å². The fraction of sp³-hybridized carbons (Fsp3) is 0.318. The third kappa shape index (κ3) is 3.55. The van der Waals surface area contributed by atoms with E-state index in [0.717, 1.165) is 41.4 Å². The zero-order valence-electron chi connectivity index (χ0n) is 16.0. The Morgan fingerprint density at radius 3 is 2.38 bits per heavy atom. The van der Waals surface area contributed by atoms with Crippen molar-refractivity contribution in [2.75, 3.05) is 26.2 Å². The van der Waals surface area contributed by atoms with Crippen LogP contribution < -0.4 is 10.1 Å². The number of hydrogen-bond acceptors (Lipinski definition) is 5. The number of para-hydroxylation sites is 3. The number of benzene rings is 2. The van der Waals surface area contributed by atoms with Gasteiger partial charge in [0.1, 0.15) is 17.3 Å². The van der Waals surface area contributed by atoms with Crippen molar-refractivity contribution in [2.24, 2.45) is 4.99 Å². The lowest BCUT2D eigenvalue weighted by Crippen LogP contribution is -2.54. The second-order valence-electron chi connectivity index (χ2n) is 7.53. The molecule has 2 aromatic carbocycles. The van der Waals surface area contributed by atoms with Crippen LogP contribution in [0.3, 0.4) is 0 Å². The largest absolute Gasteiger partial charge is 0.454 e. The van der Waals surface area contributed by atoms with E-state index in [9.17, 15) is 9.59 Å². The van der Waals surface area contributed by atoms with Gasteiger partial charge < -0.3 is 19.9 Å². The molecule has 7 nitrogen and oxygen atoms in total. The van der Waals surface area contributed by atoms with Gasteiger partial charge in [-0.1, -0.05) is 24.3 Å². The number of nitrogens with zero attached hydrogens (tertiary/aromatic N) is 3. The Hall–Kier alpha value is -3.35. The summed E-state index contributed by atoms with van der Waals surface area (Å²) in [4.78, 5) is 33.2. The molecular weight excluding hydrogens is 368 g/mol. The lowest BCUT2D eigenvalue weighted by Gasteiger charge is -2.36. The number of amidine groups is 1. The molecule has 0 unspecified atom stereocenters. The van der Waals surface area contributed by atoms with Gasteiger partial charge in [0.25, 0.3) is 0 Å². The third-order valence-corrected chi connectivity index (χ3v) is 5.41. The zero-order valence-corrected chi connectivity index (χ0v) is 16.0. The second kappa shape index (κ2) is 7.24. The summed E-state index contributed by atoms with van der Waals surface area (Å²) in [5, 5.41) is 2.77. The number of fused-ring (bicyclic) bond motifs is 2. The van der Waals surface area contributed by atoms with Crippen molar-refractivity contribution < 1.29 is 14.3 Å². The lowest BCUT2D eigenvalue weighted by atomic mass is 10.1. The van der Waals surface area contributed by atoms with Gasteiger partial charge in [-0.3, -0.25) is 9.59 Å². The molecule has 0 radical (unpaired) electrons. The monoisotopic (exact) mass is 390 g/mol. The molecule has 2 aromatic rings. The SMILES string of the molecule is O=C(NC1CC1)C(=O)N1CCN(C2=Nc3ccccc3Oc3ccccc32)CC1. The van der Waals surface area contributed by atoms with Crippen molar-refractivity contribution in [2.45, 2.75) is 18.9 Å². The summed E-state index contributed by atoms with van der Waals surface area (Å²) in [7, 11) is 0. The predicted molar refractivity (Wildman–Crippen MR) is 108 cm³/mol. The maximum absolute atomic E-state index is 12.4. The highest BCUT2D eigenvalue weighted by atomic mass is 16.5. The first-order valence-corrected chi connectivity index (χ1v) is 9.99. The van der Waals surface area contributed by atoms with E-state index >= 15 is 0 Å². The van der Waals surface area contributed by atoms with Gasteiger partial charge in [0.05, 0.1) is 5.56 Å². The molecule has 2 amide bonds. The maximum atomic E-state index is 12.4. The van der Waals surface area contributed by atoms with Crippen molar-refractivity contribution >= 4 is 23.3 Å². The number of carbonyl (C=O) groups is 2. The summed E-state index contributed by atoms with van der Waals surface area (Å²) in [6, 6.07) is 15.7. The molecule has 0 spiro atoms. The van der Waals surface area contributed by atoms with Crippen LogP contribution in [-0.2, 0) is 9.59 Å². The highest BCUT2D eigenvalue weighted by Gasteiger charge is 2.32. The first-order valence-electron chi connectivity index (χ1n) is 9.99. The highest BCUT2D eigenvalue weighted by Crippen LogP contribution is 2.37. The van der Waals surface area contributed by atoms with Gasteiger partial charge in [0.2, 0.25) is 0 Å². The number of amides is 2. The summed E-state index contributed by atoms with van der Waals surface area (Å²) in [5.74, 6) is 1.40. The molecule has 2 aliphatic heterocycles. The lowest BCUT2D eigenvalue weighted by molar-refractivity contribution is -0.146. The molecule has 0 aromatic heterocycles. The number of piperazine rings is 1. The van der Waals surface area contributed by atoms with E-state index in [1.165, 1.54) is 0 Å². The molecule has 2 heterocycles. The molecule has 0 atom stereocenters. The van der Waals surface area contributed by atoms with Crippen LogP contribution in [0.25, 0.3) is 0 Å². The van der Waals surface area contributed by atoms with Gasteiger partial charge in [-0.25, -0.2) is 4.99 Å². The highest BCUT2D eigenvalue weighted by molar-refractivity contribution is 6.35. The minimum absolute atomic E-state index is 0.185. The summed E-state index contributed by atoms with van der Waals surface area (Å²) < 4.78 is 6.10. The molecular formula is C22H22N4O3. The van der Waals surface area contributed by atoms with E-state index in [0.29, 0.717) is 26.2 Å². The quantitative estimate of drug-likeness (QED) is 0.759. The van der Waals surface area contributed by atoms with E-state index in [-0.39, 0.29) is 6.04 Å². The van der Waals surface area contributed by atoms with E-state index in [2.05, 4.69) is 10.2 Å². The van der Waals surface area contributed by atoms with Crippen LogP contribution >= 0.6 is 0 Å².